The number of nitrogen functional groups attached to an aromatic ring is 1. The summed E-state index contributed by atoms with van der Waals surface area (Å²) in [5.41, 5.74) is 5.11. The quantitative estimate of drug-likeness (QED) is 0.0559. The van der Waals surface area contributed by atoms with E-state index in [1.807, 2.05) is 13.8 Å². The maximum absolute atomic E-state index is 12.3. The molecule has 0 spiro atoms. The molecule has 25 heteroatoms. The Morgan fingerprint density at radius 1 is 1.26 bits per heavy atom. The zero-order valence-electron chi connectivity index (χ0n) is 22.8. The Bertz CT molecular complexity index is 1500. The molecule has 0 aromatic carbocycles. The van der Waals surface area contributed by atoms with E-state index in [0.717, 1.165) is 0 Å². The van der Waals surface area contributed by atoms with Crippen LogP contribution in [0.3, 0.4) is 0 Å². The average molecular weight is 713 g/mol. The highest BCUT2D eigenvalue weighted by atomic mass is 33.1. The topological polar surface area (TPSA) is 297 Å². The Kier molecular flexibility index (Phi) is 12.1. The van der Waals surface area contributed by atoms with Crippen LogP contribution in [-0.2, 0) is 41.1 Å². The van der Waals surface area contributed by atoms with Gasteiger partial charge < -0.3 is 40.1 Å². The Balaban J connectivity index is 1.71. The van der Waals surface area contributed by atoms with Crippen molar-refractivity contribution in [3.63, 3.8) is 0 Å². The molecule has 0 bridgehead atoms. The molecular weight excluding hydrogens is 681 g/mol. The van der Waals surface area contributed by atoms with E-state index in [4.69, 9.17) is 29.5 Å². The lowest BCUT2D eigenvalue weighted by atomic mass is 10.2. The maximum atomic E-state index is 12.3. The predicted molar refractivity (Wildman–Crippen MR) is 153 cm³/mol. The fourth-order valence-electron chi connectivity index (χ4n) is 3.59. The number of hydrogen-bond acceptors (Lipinski definition) is 15. The third kappa shape index (κ3) is 11.2. The number of aromatic amines is 1. The van der Waals surface area contributed by atoms with Crippen LogP contribution in [0.5, 0.6) is 0 Å². The predicted octanol–water partition coefficient (Wildman–Crippen LogP) is 1.36. The molecule has 2 aromatic rings. The molecule has 0 radical (unpaired) electrons. The first-order chi connectivity index (χ1) is 19.8. The molecule has 3 rings (SSSR count). The van der Waals surface area contributed by atoms with Crippen molar-refractivity contribution < 1.29 is 60.7 Å². The van der Waals surface area contributed by atoms with Crippen molar-refractivity contribution in [3.8, 4) is 0 Å². The van der Waals surface area contributed by atoms with Crippen LogP contribution in [0.4, 0.5) is 5.95 Å². The Morgan fingerprint density at radius 2 is 1.95 bits per heavy atom. The summed E-state index contributed by atoms with van der Waals surface area (Å²) in [6, 6.07) is 0. The van der Waals surface area contributed by atoms with E-state index in [0.29, 0.717) is 13.0 Å². The van der Waals surface area contributed by atoms with Gasteiger partial charge in [0, 0.05) is 24.1 Å². The summed E-state index contributed by atoms with van der Waals surface area (Å²) in [6.45, 7) is 5.22. The van der Waals surface area contributed by atoms with E-state index in [9.17, 15) is 33.1 Å². The Hall–Kier alpha value is -1.35. The van der Waals surface area contributed by atoms with E-state index < -0.39 is 54.1 Å². The van der Waals surface area contributed by atoms with Crippen LogP contribution in [0.15, 0.2) is 11.1 Å². The van der Waals surface area contributed by atoms with Crippen LogP contribution in [0.1, 0.15) is 39.8 Å². The maximum Gasteiger partial charge on any atom is 0.490 e. The summed E-state index contributed by atoms with van der Waals surface area (Å²) in [5, 5.41) is 2.81. The number of aromatic nitrogens is 4. The number of imidazole rings is 1. The molecule has 1 aliphatic heterocycles. The number of H-pyrrole nitrogens is 1. The molecular formula is C18H31N6O14P3S2. The summed E-state index contributed by atoms with van der Waals surface area (Å²) < 4.78 is 59.9. The van der Waals surface area contributed by atoms with Crippen LogP contribution in [-0.4, -0.2) is 81.0 Å². The van der Waals surface area contributed by atoms with Crippen molar-refractivity contribution in [2.75, 3.05) is 24.8 Å². The summed E-state index contributed by atoms with van der Waals surface area (Å²) >= 11 is 0. The minimum atomic E-state index is -5.72. The molecule has 1 amide bonds. The number of phosphoric acid groups is 3. The summed E-state index contributed by atoms with van der Waals surface area (Å²) in [7, 11) is -14.0. The van der Waals surface area contributed by atoms with Crippen molar-refractivity contribution in [1.82, 2.24) is 24.8 Å². The lowest BCUT2D eigenvalue weighted by Gasteiger charge is -2.24. The third-order valence-corrected chi connectivity index (χ3v) is 12.2. The molecule has 244 valence electrons. The molecule has 43 heavy (non-hydrogen) atoms. The molecule has 5 atom stereocenters. The largest absolute Gasteiger partial charge is 0.490 e. The number of hydrogen-bond donors (Lipinski definition) is 7. The summed E-state index contributed by atoms with van der Waals surface area (Å²) in [4.78, 5) is 70.9. The van der Waals surface area contributed by atoms with E-state index in [-0.39, 0.29) is 40.1 Å². The number of amides is 1. The molecule has 1 saturated heterocycles. The standard InChI is InChI=1S/C18H31N6O14P3S2/c1-4-12(25)20-7-18(2,3)43-42-9-34-10-5-13(24-8-21-14-15(24)22-17(19)23-16(14)26)36-11(10)6-35-40(30,31)38-41(32,33)37-39(27,28)29/h8,10-11,13H,4-7,9H2,1-3H3,(H,20,25)(H,30,31)(H,32,33)(H2,27,28,29)(H3,19,22,23,26)/t10?,11-,13-/m1/s1. The number of rotatable bonds is 16. The van der Waals surface area contributed by atoms with Crippen LogP contribution < -0.4 is 16.6 Å². The van der Waals surface area contributed by atoms with Gasteiger partial charge in [-0.25, -0.2) is 18.7 Å². The third-order valence-electron chi connectivity index (χ3n) is 5.41. The lowest BCUT2D eigenvalue weighted by molar-refractivity contribution is -0.120. The second-order valence-corrected chi connectivity index (χ2v) is 16.8. The van der Waals surface area contributed by atoms with Gasteiger partial charge in [-0.3, -0.25) is 23.7 Å². The molecule has 3 heterocycles. The molecule has 0 saturated carbocycles. The highest BCUT2D eigenvalue weighted by Gasteiger charge is 2.43. The smallest absolute Gasteiger partial charge is 0.369 e. The van der Waals surface area contributed by atoms with E-state index >= 15 is 0 Å². The van der Waals surface area contributed by atoms with Crippen molar-refractivity contribution >= 4 is 68.1 Å². The van der Waals surface area contributed by atoms with Crippen LogP contribution in [0.25, 0.3) is 11.2 Å². The number of carbonyl (C=O) groups is 1. The van der Waals surface area contributed by atoms with Gasteiger partial charge in [-0.15, -0.1) is 0 Å². The second kappa shape index (κ2) is 14.4. The number of fused-ring (bicyclic) bond motifs is 1. The molecule has 2 aromatic heterocycles. The molecule has 1 fully saturated rings. The van der Waals surface area contributed by atoms with Crippen molar-refractivity contribution in [1.29, 1.82) is 0 Å². The number of phosphoric ester groups is 1. The molecule has 3 unspecified atom stereocenters. The van der Waals surface area contributed by atoms with Gasteiger partial charge in [-0.2, -0.15) is 13.6 Å². The Morgan fingerprint density at radius 3 is 2.60 bits per heavy atom. The highest BCUT2D eigenvalue weighted by Crippen LogP contribution is 2.66. The first-order valence-corrected chi connectivity index (χ1v) is 19.0. The molecule has 8 N–H and O–H groups in total. The average Bonchev–Trinajstić information content (AvgIpc) is 3.45. The van der Waals surface area contributed by atoms with Crippen LogP contribution in [0.2, 0.25) is 0 Å². The number of nitrogens with two attached hydrogens (primary N) is 1. The summed E-state index contributed by atoms with van der Waals surface area (Å²) in [6.07, 6.45) is -1.12. The van der Waals surface area contributed by atoms with Crippen molar-refractivity contribution in [2.45, 2.75) is 56.8 Å². The van der Waals surface area contributed by atoms with Gasteiger partial charge >= 0.3 is 23.5 Å². The number of ether oxygens (including phenoxy) is 2. The van der Waals surface area contributed by atoms with Gasteiger partial charge in [0.1, 0.15) is 18.3 Å². The number of nitrogens with zero attached hydrogens (tertiary/aromatic N) is 3. The van der Waals surface area contributed by atoms with Gasteiger partial charge in [0.15, 0.2) is 11.2 Å². The van der Waals surface area contributed by atoms with E-state index in [2.05, 4.69) is 28.9 Å². The first-order valence-electron chi connectivity index (χ1n) is 12.1. The second-order valence-electron chi connectivity index (χ2n) is 9.44. The van der Waals surface area contributed by atoms with Crippen LogP contribution >= 0.6 is 45.1 Å². The van der Waals surface area contributed by atoms with Gasteiger partial charge in [0.2, 0.25) is 11.9 Å². The molecule has 0 aliphatic carbocycles. The van der Waals surface area contributed by atoms with Crippen LogP contribution in [0, 0.1) is 0 Å². The number of carbonyl (C=O) groups excluding carboxylic acids is 1. The fourth-order valence-corrected chi connectivity index (χ4v) is 8.79. The minimum absolute atomic E-state index is 0.0312. The monoisotopic (exact) mass is 712 g/mol. The summed E-state index contributed by atoms with van der Waals surface area (Å²) in [5.74, 6) is -0.189. The van der Waals surface area contributed by atoms with Gasteiger partial charge in [-0.05, 0) is 13.8 Å². The fraction of sp³-hybridized carbons (Fsp3) is 0.667. The minimum Gasteiger partial charge on any atom is -0.369 e. The normalized spacial score (nSPS) is 22.3. The zero-order chi connectivity index (χ0) is 32.2. The van der Waals surface area contributed by atoms with Gasteiger partial charge in [0.25, 0.3) is 5.56 Å². The number of anilines is 1. The SMILES string of the molecule is CCC(=O)NCC(C)(C)SSCOC1C[C@H](n2cnc3c(=O)[nH]c(N)nc32)O[C@@H]1COP(=O)(O)OP(=O)(O)OP(=O)(O)O. The van der Waals surface area contributed by atoms with Gasteiger partial charge in [0.05, 0.1) is 19.0 Å². The molecule has 1 aliphatic rings. The van der Waals surface area contributed by atoms with Crippen molar-refractivity contribution in [3.05, 3.63) is 16.7 Å². The Labute approximate surface area is 251 Å². The molecule has 20 nitrogen and oxygen atoms in total. The highest BCUT2D eigenvalue weighted by molar-refractivity contribution is 8.77. The number of nitrogens with one attached hydrogen (secondary N) is 2. The van der Waals surface area contributed by atoms with E-state index in [1.165, 1.54) is 32.5 Å². The lowest BCUT2D eigenvalue weighted by Crippen LogP contribution is -2.35. The van der Waals surface area contributed by atoms with E-state index in [1.54, 1.807) is 6.92 Å². The van der Waals surface area contributed by atoms with Gasteiger partial charge in [-0.1, -0.05) is 28.5 Å². The van der Waals surface area contributed by atoms with Crippen molar-refractivity contribution in [2.24, 2.45) is 0 Å². The first kappa shape index (κ1) is 36.1. The zero-order valence-corrected chi connectivity index (χ0v) is 27.1.